The van der Waals surface area contributed by atoms with Crippen molar-refractivity contribution in [1.82, 2.24) is 10.6 Å². The highest BCUT2D eigenvalue weighted by molar-refractivity contribution is 9.10. The number of rotatable bonds is 4. The van der Waals surface area contributed by atoms with Gasteiger partial charge in [0.1, 0.15) is 5.60 Å². The molecule has 1 aromatic rings. The Morgan fingerprint density at radius 1 is 1.45 bits per heavy atom. The molecule has 1 aromatic carbocycles. The topological polar surface area (TPSA) is 50.4 Å². The van der Waals surface area contributed by atoms with Gasteiger partial charge in [-0.25, -0.2) is 4.79 Å². The summed E-state index contributed by atoms with van der Waals surface area (Å²) in [6.45, 7) is 8.22. The van der Waals surface area contributed by atoms with Crippen LogP contribution in [-0.4, -0.2) is 24.3 Å². The second-order valence-electron chi connectivity index (χ2n) is 6.85. The molecule has 0 bridgehead atoms. The summed E-state index contributed by atoms with van der Waals surface area (Å²) in [5, 5.41) is 6.40. The van der Waals surface area contributed by atoms with E-state index >= 15 is 0 Å². The summed E-state index contributed by atoms with van der Waals surface area (Å²) in [4.78, 5) is 11.7. The van der Waals surface area contributed by atoms with Crippen LogP contribution in [-0.2, 0) is 11.2 Å². The van der Waals surface area contributed by atoms with E-state index in [2.05, 4.69) is 51.7 Å². The van der Waals surface area contributed by atoms with Crippen molar-refractivity contribution in [2.24, 2.45) is 0 Å². The average molecular weight is 369 g/mol. The second kappa shape index (κ2) is 7.01. The van der Waals surface area contributed by atoms with Crippen LogP contribution in [0.3, 0.4) is 0 Å². The summed E-state index contributed by atoms with van der Waals surface area (Å²) in [6.07, 6.45) is 1.81. The molecule has 5 heteroatoms. The van der Waals surface area contributed by atoms with Crippen molar-refractivity contribution in [2.75, 3.05) is 6.54 Å². The highest BCUT2D eigenvalue weighted by Crippen LogP contribution is 2.35. The number of hydrogen-bond acceptors (Lipinski definition) is 3. The SMILES string of the molecule is CC(CNC(=O)OC(C)(C)C)NC1CCc2c(Br)cccc21. The average Bonchev–Trinajstić information content (AvgIpc) is 2.79. The van der Waals surface area contributed by atoms with Gasteiger partial charge in [0, 0.05) is 23.1 Å². The quantitative estimate of drug-likeness (QED) is 0.845. The Balaban J connectivity index is 1.83. The zero-order valence-corrected chi connectivity index (χ0v) is 15.3. The predicted molar refractivity (Wildman–Crippen MR) is 92.0 cm³/mol. The molecule has 0 saturated heterocycles. The Hall–Kier alpha value is -1.07. The maximum absolute atomic E-state index is 11.7. The number of halogens is 1. The van der Waals surface area contributed by atoms with E-state index in [0.29, 0.717) is 12.6 Å². The summed E-state index contributed by atoms with van der Waals surface area (Å²) in [7, 11) is 0. The van der Waals surface area contributed by atoms with E-state index < -0.39 is 5.60 Å². The monoisotopic (exact) mass is 368 g/mol. The first-order valence-electron chi connectivity index (χ1n) is 7.76. The molecule has 1 aliphatic carbocycles. The van der Waals surface area contributed by atoms with Crippen LogP contribution in [0.4, 0.5) is 4.79 Å². The van der Waals surface area contributed by atoms with Gasteiger partial charge in [-0.15, -0.1) is 0 Å². The fourth-order valence-corrected chi connectivity index (χ4v) is 3.32. The number of amides is 1. The van der Waals surface area contributed by atoms with E-state index in [-0.39, 0.29) is 12.1 Å². The molecule has 2 N–H and O–H groups in total. The van der Waals surface area contributed by atoms with Crippen LogP contribution in [0.2, 0.25) is 0 Å². The van der Waals surface area contributed by atoms with Crippen LogP contribution >= 0.6 is 15.9 Å². The number of fused-ring (bicyclic) bond motifs is 1. The number of carbonyl (C=O) groups excluding carboxylic acids is 1. The highest BCUT2D eigenvalue weighted by atomic mass is 79.9. The molecule has 0 fully saturated rings. The molecule has 1 aliphatic rings. The normalized spacial score (nSPS) is 18.7. The summed E-state index contributed by atoms with van der Waals surface area (Å²) >= 11 is 3.62. The van der Waals surface area contributed by atoms with Crippen molar-refractivity contribution in [3.05, 3.63) is 33.8 Å². The molecule has 22 heavy (non-hydrogen) atoms. The largest absolute Gasteiger partial charge is 0.444 e. The lowest BCUT2D eigenvalue weighted by Gasteiger charge is -2.23. The van der Waals surface area contributed by atoms with Gasteiger partial charge < -0.3 is 15.4 Å². The van der Waals surface area contributed by atoms with E-state index in [1.165, 1.54) is 15.6 Å². The summed E-state index contributed by atoms with van der Waals surface area (Å²) < 4.78 is 6.43. The van der Waals surface area contributed by atoms with Crippen LogP contribution < -0.4 is 10.6 Å². The lowest BCUT2D eigenvalue weighted by molar-refractivity contribution is 0.0522. The molecular weight excluding hydrogens is 344 g/mol. The zero-order chi connectivity index (χ0) is 16.3. The van der Waals surface area contributed by atoms with Gasteiger partial charge in [0.25, 0.3) is 0 Å². The lowest BCUT2D eigenvalue weighted by Crippen LogP contribution is -2.42. The van der Waals surface area contributed by atoms with Crippen molar-refractivity contribution in [3.8, 4) is 0 Å². The number of nitrogens with one attached hydrogen (secondary N) is 2. The van der Waals surface area contributed by atoms with Crippen molar-refractivity contribution < 1.29 is 9.53 Å². The molecule has 4 nitrogen and oxygen atoms in total. The molecule has 2 rings (SSSR count). The van der Waals surface area contributed by atoms with Gasteiger partial charge in [0.05, 0.1) is 0 Å². The third-order valence-electron chi connectivity index (χ3n) is 3.65. The molecular formula is C17H25BrN2O2. The molecule has 0 heterocycles. The standard InChI is InChI=1S/C17H25BrN2O2/c1-11(10-19-16(21)22-17(2,3)4)20-15-9-8-12-13(15)6-5-7-14(12)18/h5-7,11,15,20H,8-10H2,1-4H3,(H,19,21). The van der Waals surface area contributed by atoms with Crippen LogP contribution in [0, 0.1) is 0 Å². The van der Waals surface area contributed by atoms with Crippen LogP contribution in [0.5, 0.6) is 0 Å². The lowest BCUT2D eigenvalue weighted by atomic mass is 10.1. The number of alkyl carbamates (subject to hydrolysis) is 1. The minimum absolute atomic E-state index is 0.183. The first-order valence-corrected chi connectivity index (χ1v) is 8.56. The number of carbonyl (C=O) groups is 1. The maximum atomic E-state index is 11.7. The number of hydrogen-bond donors (Lipinski definition) is 2. The fourth-order valence-electron chi connectivity index (χ4n) is 2.74. The zero-order valence-electron chi connectivity index (χ0n) is 13.7. The highest BCUT2D eigenvalue weighted by Gasteiger charge is 2.25. The van der Waals surface area contributed by atoms with Gasteiger partial charge in [0.2, 0.25) is 0 Å². The minimum atomic E-state index is -0.461. The fraction of sp³-hybridized carbons (Fsp3) is 0.588. The Morgan fingerprint density at radius 3 is 2.86 bits per heavy atom. The van der Waals surface area contributed by atoms with E-state index in [1.54, 1.807) is 0 Å². The van der Waals surface area contributed by atoms with Gasteiger partial charge in [-0.3, -0.25) is 0 Å². The van der Waals surface area contributed by atoms with Crippen LogP contribution in [0.15, 0.2) is 22.7 Å². The van der Waals surface area contributed by atoms with E-state index in [4.69, 9.17) is 4.74 Å². The second-order valence-corrected chi connectivity index (χ2v) is 7.70. The molecule has 0 radical (unpaired) electrons. The van der Waals surface area contributed by atoms with Gasteiger partial charge in [0.15, 0.2) is 0 Å². The Bertz CT molecular complexity index is 540. The summed E-state index contributed by atoms with van der Waals surface area (Å²) in [5.74, 6) is 0. The number of ether oxygens (including phenoxy) is 1. The smallest absolute Gasteiger partial charge is 0.407 e. The molecule has 1 amide bonds. The van der Waals surface area contributed by atoms with Crippen molar-refractivity contribution >= 4 is 22.0 Å². The Morgan fingerprint density at radius 2 is 2.18 bits per heavy atom. The van der Waals surface area contributed by atoms with E-state index in [9.17, 15) is 4.79 Å². The number of benzene rings is 1. The third kappa shape index (κ3) is 4.71. The molecule has 0 aliphatic heterocycles. The van der Waals surface area contributed by atoms with E-state index in [1.807, 2.05) is 20.8 Å². The first kappa shape index (κ1) is 17.3. The predicted octanol–water partition coefficient (Wildman–Crippen LogP) is 3.94. The van der Waals surface area contributed by atoms with Crippen LogP contribution in [0.1, 0.15) is 51.3 Å². The van der Waals surface area contributed by atoms with E-state index in [0.717, 1.165) is 12.8 Å². The van der Waals surface area contributed by atoms with Gasteiger partial charge in [-0.1, -0.05) is 28.1 Å². The van der Waals surface area contributed by atoms with Crippen molar-refractivity contribution in [1.29, 1.82) is 0 Å². The maximum Gasteiger partial charge on any atom is 0.407 e. The molecule has 122 valence electrons. The minimum Gasteiger partial charge on any atom is -0.444 e. The van der Waals surface area contributed by atoms with Crippen molar-refractivity contribution in [2.45, 2.75) is 58.2 Å². The molecule has 0 saturated carbocycles. The molecule has 0 aromatic heterocycles. The van der Waals surface area contributed by atoms with Gasteiger partial charge >= 0.3 is 6.09 Å². The Labute approximate surface area is 141 Å². The third-order valence-corrected chi connectivity index (χ3v) is 4.39. The molecule has 2 unspecified atom stereocenters. The van der Waals surface area contributed by atoms with Gasteiger partial charge in [-0.05, 0) is 57.7 Å². The summed E-state index contributed by atoms with van der Waals surface area (Å²) in [6, 6.07) is 6.88. The molecule has 0 spiro atoms. The van der Waals surface area contributed by atoms with Gasteiger partial charge in [-0.2, -0.15) is 0 Å². The van der Waals surface area contributed by atoms with Crippen LogP contribution in [0.25, 0.3) is 0 Å². The Kier molecular flexibility index (Phi) is 5.50. The summed E-state index contributed by atoms with van der Waals surface area (Å²) in [5.41, 5.74) is 2.29. The first-order chi connectivity index (χ1) is 10.3. The molecule has 2 atom stereocenters. The van der Waals surface area contributed by atoms with Crippen molar-refractivity contribution in [3.63, 3.8) is 0 Å².